The molecule has 2 amide bonds. The molecular weight excluding hydrogens is 676 g/mol. The van der Waals surface area contributed by atoms with E-state index in [-0.39, 0.29) is 30.9 Å². The quantitative estimate of drug-likeness (QED) is 0.150. The highest BCUT2D eigenvalue weighted by Crippen LogP contribution is 2.38. The van der Waals surface area contributed by atoms with Crippen LogP contribution in [0.1, 0.15) is 18.1 Å². The average Bonchev–Trinajstić information content (AvgIpc) is 3.17. The smallest absolute Gasteiger partial charge is 0.293 e. The number of methoxy groups -OCH3 is 1. The standard InChI is InChI=1S/C28H24Cl2INO6S/c1-3-36-24-13-17(12-21(31)26(24)38-16-18-8-9-19(29)15-20(18)30)14-25-27(33)32(28(34)39-25)10-11-37-23-7-5-4-6-22(23)35-2/h4-9,12-15H,3,10-11,16H2,1-2H3/b25-14-. The van der Waals surface area contributed by atoms with Crippen LogP contribution in [0.25, 0.3) is 6.08 Å². The van der Waals surface area contributed by atoms with Gasteiger partial charge in [0.25, 0.3) is 11.1 Å². The molecule has 1 heterocycles. The summed E-state index contributed by atoms with van der Waals surface area (Å²) in [5.74, 6) is 1.82. The van der Waals surface area contributed by atoms with Crippen molar-refractivity contribution < 1.29 is 28.5 Å². The lowest BCUT2D eigenvalue weighted by Gasteiger charge is -2.16. The molecule has 3 aromatic carbocycles. The highest BCUT2D eigenvalue weighted by atomic mass is 127. The number of thioether (sulfide) groups is 1. The van der Waals surface area contributed by atoms with Crippen molar-refractivity contribution in [1.29, 1.82) is 0 Å². The molecule has 204 valence electrons. The van der Waals surface area contributed by atoms with Crippen LogP contribution in [-0.2, 0) is 11.4 Å². The Balaban J connectivity index is 1.47. The number of rotatable bonds is 11. The molecule has 39 heavy (non-hydrogen) atoms. The Kier molecular flexibility index (Phi) is 10.3. The van der Waals surface area contributed by atoms with Gasteiger partial charge in [0.05, 0.1) is 28.7 Å². The fourth-order valence-electron chi connectivity index (χ4n) is 3.69. The molecule has 0 bridgehead atoms. The zero-order valence-corrected chi connectivity index (χ0v) is 25.5. The molecule has 0 aliphatic carbocycles. The summed E-state index contributed by atoms with van der Waals surface area (Å²) in [6, 6.07) is 16.1. The molecule has 0 aromatic heterocycles. The normalized spacial score (nSPS) is 14.2. The minimum atomic E-state index is -0.376. The molecule has 1 fully saturated rings. The van der Waals surface area contributed by atoms with Gasteiger partial charge in [-0.3, -0.25) is 14.5 Å². The van der Waals surface area contributed by atoms with E-state index < -0.39 is 0 Å². The van der Waals surface area contributed by atoms with Crippen molar-refractivity contribution in [1.82, 2.24) is 4.90 Å². The minimum absolute atomic E-state index is 0.113. The van der Waals surface area contributed by atoms with Crippen LogP contribution < -0.4 is 18.9 Å². The summed E-state index contributed by atoms with van der Waals surface area (Å²) in [4.78, 5) is 27.1. The van der Waals surface area contributed by atoms with Gasteiger partial charge in [0.1, 0.15) is 13.2 Å². The maximum absolute atomic E-state index is 13.0. The minimum Gasteiger partial charge on any atom is -0.493 e. The Hall–Kier alpha value is -2.60. The summed E-state index contributed by atoms with van der Waals surface area (Å²) in [5.41, 5.74) is 1.49. The van der Waals surface area contributed by atoms with Crippen molar-refractivity contribution in [2.24, 2.45) is 0 Å². The summed E-state index contributed by atoms with van der Waals surface area (Å²) >= 11 is 15.3. The maximum atomic E-state index is 13.0. The van der Waals surface area contributed by atoms with E-state index in [0.717, 1.165) is 20.9 Å². The predicted octanol–water partition coefficient (Wildman–Crippen LogP) is 7.70. The molecular formula is C28H24Cl2INO6S. The van der Waals surface area contributed by atoms with Crippen LogP contribution in [0.3, 0.4) is 0 Å². The van der Waals surface area contributed by atoms with E-state index in [4.69, 9.17) is 42.1 Å². The topological polar surface area (TPSA) is 74.3 Å². The molecule has 1 saturated heterocycles. The van der Waals surface area contributed by atoms with E-state index in [2.05, 4.69) is 22.6 Å². The molecule has 7 nitrogen and oxygen atoms in total. The average molecular weight is 700 g/mol. The third-order valence-electron chi connectivity index (χ3n) is 5.53. The second-order valence-corrected chi connectivity index (χ2v) is 11.1. The molecule has 3 aromatic rings. The summed E-state index contributed by atoms with van der Waals surface area (Å²) in [7, 11) is 1.55. The molecule has 4 rings (SSSR count). The van der Waals surface area contributed by atoms with Gasteiger partial charge in [-0.1, -0.05) is 41.4 Å². The Morgan fingerprint density at radius 3 is 2.46 bits per heavy atom. The number of halogens is 3. The first kappa shape index (κ1) is 29.4. The molecule has 0 N–H and O–H groups in total. The molecule has 0 atom stereocenters. The highest BCUT2D eigenvalue weighted by molar-refractivity contribution is 14.1. The summed E-state index contributed by atoms with van der Waals surface area (Å²) in [6.45, 7) is 2.77. The van der Waals surface area contributed by atoms with Crippen LogP contribution in [0.5, 0.6) is 23.0 Å². The van der Waals surface area contributed by atoms with Gasteiger partial charge in [-0.2, -0.15) is 0 Å². The van der Waals surface area contributed by atoms with Crippen LogP contribution in [0, 0.1) is 3.57 Å². The van der Waals surface area contributed by atoms with Crippen molar-refractivity contribution in [2.75, 3.05) is 26.9 Å². The van der Waals surface area contributed by atoms with Gasteiger partial charge in [-0.25, -0.2) is 0 Å². The Morgan fingerprint density at radius 1 is 0.974 bits per heavy atom. The summed E-state index contributed by atoms with van der Waals surface area (Å²) in [5, 5.41) is 0.705. The predicted molar refractivity (Wildman–Crippen MR) is 162 cm³/mol. The number of hydrogen-bond acceptors (Lipinski definition) is 7. The van der Waals surface area contributed by atoms with E-state index in [1.165, 1.54) is 4.90 Å². The first-order chi connectivity index (χ1) is 18.8. The largest absolute Gasteiger partial charge is 0.493 e. The number of ether oxygens (including phenoxy) is 4. The van der Waals surface area contributed by atoms with Crippen molar-refractivity contribution in [3.05, 3.63) is 84.2 Å². The zero-order valence-electron chi connectivity index (χ0n) is 21.0. The molecule has 11 heteroatoms. The highest BCUT2D eigenvalue weighted by Gasteiger charge is 2.35. The number of carbonyl (C=O) groups excluding carboxylic acids is 2. The van der Waals surface area contributed by atoms with Crippen molar-refractivity contribution in [3.8, 4) is 23.0 Å². The van der Waals surface area contributed by atoms with E-state index in [1.54, 1.807) is 43.5 Å². The fraction of sp³-hybridized carbons (Fsp3) is 0.214. The number of amides is 2. The van der Waals surface area contributed by atoms with Crippen LogP contribution in [0.2, 0.25) is 10.0 Å². The van der Waals surface area contributed by atoms with Gasteiger partial charge < -0.3 is 18.9 Å². The molecule has 0 unspecified atom stereocenters. The summed E-state index contributed by atoms with van der Waals surface area (Å²) < 4.78 is 23.7. The maximum Gasteiger partial charge on any atom is 0.293 e. The number of carbonyl (C=O) groups is 2. The summed E-state index contributed by atoms with van der Waals surface area (Å²) in [6.07, 6.45) is 1.68. The Labute approximate surface area is 254 Å². The number of nitrogens with zero attached hydrogens (tertiary/aromatic N) is 1. The number of benzene rings is 3. The lowest BCUT2D eigenvalue weighted by atomic mass is 10.1. The second kappa shape index (κ2) is 13.6. The van der Waals surface area contributed by atoms with Crippen LogP contribution in [0.15, 0.2) is 59.5 Å². The van der Waals surface area contributed by atoms with E-state index in [9.17, 15) is 9.59 Å². The first-order valence-electron chi connectivity index (χ1n) is 11.8. The second-order valence-electron chi connectivity index (χ2n) is 8.12. The molecule has 1 aliphatic heterocycles. The fourth-order valence-corrected chi connectivity index (χ4v) is 5.80. The van der Waals surface area contributed by atoms with Gasteiger partial charge in [-0.15, -0.1) is 0 Å². The van der Waals surface area contributed by atoms with Crippen LogP contribution in [-0.4, -0.2) is 42.9 Å². The number of para-hydroxylation sites is 2. The van der Waals surface area contributed by atoms with Crippen molar-refractivity contribution in [3.63, 3.8) is 0 Å². The lowest BCUT2D eigenvalue weighted by molar-refractivity contribution is -0.123. The lowest BCUT2D eigenvalue weighted by Crippen LogP contribution is -2.32. The van der Waals surface area contributed by atoms with Gasteiger partial charge in [0.15, 0.2) is 23.0 Å². The zero-order chi connectivity index (χ0) is 27.9. The number of imide groups is 1. The van der Waals surface area contributed by atoms with Gasteiger partial charge in [0.2, 0.25) is 0 Å². The number of hydrogen-bond donors (Lipinski definition) is 0. The molecule has 0 saturated carbocycles. The SMILES string of the molecule is CCOc1cc(/C=C2\SC(=O)N(CCOc3ccccc3OC)C2=O)cc(I)c1OCc1ccc(Cl)cc1Cl. The first-order valence-corrected chi connectivity index (χ1v) is 14.5. The van der Waals surface area contributed by atoms with Gasteiger partial charge >= 0.3 is 0 Å². The van der Waals surface area contributed by atoms with Gasteiger partial charge in [-0.05, 0) is 89.3 Å². The van der Waals surface area contributed by atoms with E-state index in [1.807, 2.05) is 31.2 Å². The van der Waals surface area contributed by atoms with Crippen molar-refractivity contribution in [2.45, 2.75) is 13.5 Å². The molecule has 0 radical (unpaired) electrons. The molecule has 0 spiro atoms. The van der Waals surface area contributed by atoms with Crippen LogP contribution in [0.4, 0.5) is 4.79 Å². The van der Waals surface area contributed by atoms with Crippen molar-refractivity contribution >= 4 is 74.8 Å². The Bertz CT molecular complexity index is 1420. The van der Waals surface area contributed by atoms with E-state index >= 15 is 0 Å². The van der Waals surface area contributed by atoms with Crippen LogP contribution >= 0.6 is 57.6 Å². The monoisotopic (exact) mass is 699 g/mol. The molecule has 1 aliphatic rings. The Morgan fingerprint density at radius 2 is 1.74 bits per heavy atom. The third kappa shape index (κ3) is 7.33. The van der Waals surface area contributed by atoms with Gasteiger partial charge in [0, 0.05) is 15.6 Å². The third-order valence-corrected chi connectivity index (χ3v) is 7.83. The van der Waals surface area contributed by atoms with E-state index in [0.29, 0.717) is 50.1 Å².